The molecule has 0 aliphatic carbocycles. The molecule has 2 heterocycles. The van der Waals surface area contributed by atoms with E-state index in [4.69, 9.17) is 5.73 Å². The number of rotatable bonds is 0. The van der Waals surface area contributed by atoms with Gasteiger partial charge in [0.1, 0.15) is 0 Å². The fourth-order valence-electron chi connectivity index (χ4n) is 1.08. The summed E-state index contributed by atoms with van der Waals surface area (Å²) in [6, 6.07) is 0. The van der Waals surface area contributed by atoms with E-state index in [0.717, 1.165) is 17.9 Å². The molecule has 0 unspecified atom stereocenters. The average Bonchev–Trinajstić information content (AvgIpc) is 2.33. The van der Waals surface area contributed by atoms with Crippen LogP contribution in [-0.2, 0) is 0 Å². The van der Waals surface area contributed by atoms with E-state index < -0.39 is 0 Å². The first-order chi connectivity index (χ1) is 4.86. The van der Waals surface area contributed by atoms with Gasteiger partial charge >= 0.3 is 0 Å². The van der Waals surface area contributed by atoms with Gasteiger partial charge in [-0.2, -0.15) is 0 Å². The predicted molar refractivity (Wildman–Crippen MR) is 39.3 cm³/mol. The van der Waals surface area contributed by atoms with Crippen molar-refractivity contribution in [3.05, 3.63) is 35.8 Å². The van der Waals surface area contributed by atoms with Crippen molar-refractivity contribution in [3.8, 4) is 0 Å². The summed E-state index contributed by atoms with van der Waals surface area (Å²) in [6.45, 7) is 0.892. The molecule has 0 bridgehead atoms. The zero-order valence-corrected chi connectivity index (χ0v) is 5.54. The van der Waals surface area contributed by atoms with E-state index in [9.17, 15) is 0 Å². The van der Waals surface area contributed by atoms with Crippen LogP contribution in [0.25, 0.3) is 0 Å². The molecular weight excluding hydrogens is 126 g/mol. The molecule has 2 aliphatic rings. The smallest absolute Gasteiger partial charge is 0.0564 e. The van der Waals surface area contributed by atoms with Crippen LogP contribution in [0.15, 0.2) is 35.8 Å². The highest BCUT2D eigenvalue weighted by Gasteiger charge is 2.12. The second-order valence-electron chi connectivity index (χ2n) is 2.32. The average molecular weight is 135 g/mol. The van der Waals surface area contributed by atoms with Gasteiger partial charge in [-0.05, 0) is 18.2 Å². The van der Waals surface area contributed by atoms with Gasteiger partial charge in [0.05, 0.1) is 5.70 Å². The number of hydrazine groups is 1. The third kappa shape index (κ3) is 0.717. The van der Waals surface area contributed by atoms with Crippen LogP contribution in [0.5, 0.6) is 0 Å². The van der Waals surface area contributed by atoms with E-state index in [-0.39, 0.29) is 0 Å². The van der Waals surface area contributed by atoms with E-state index in [2.05, 4.69) is 11.5 Å². The molecule has 0 saturated carbocycles. The highest BCUT2D eigenvalue weighted by Crippen LogP contribution is 2.14. The lowest BCUT2D eigenvalue weighted by Crippen LogP contribution is -2.27. The molecule has 0 aromatic rings. The highest BCUT2D eigenvalue weighted by atomic mass is 15.5. The van der Waals surface area contributed by atoms with Gasteiger partial charge in [-0.3, -0.25) is 5.01 Å². The zero-order valence-electron chi connectivity index (χ0n) is 5.54. The van der Waals surface area contributed by atoms with Crippen molar-refractivity contribution in [1.29, 1.82) is 0 Å². The summed E-state index contributed by atoms with van der Waals surface area (Å²) < 4.78 is 0. The number of nitrogens with one attached hydrogen (secondary N) is 1. The molecule has 2 rings (SSSR count). The Kier molecular flexibility index (Phi) is 1.05. The van der Waals surface area contributed by atoms with Crippen LogP contribution in [0, 0.1) is 0 Å². The van der Waals surface area contributed by atoms with Gasteiger partial charge in [0.2, 0.25) is 0 Å². The van der Waals surface area contributed by atoms with Crippen LogP contribution in [0.1, 0.15) is 0 Å². The molecule has 0 spiro atoms. The monoisotopic (exact) mass is 135 g/mol. The number of nitrogens with two attached hydrogens (primary N) is 1. The van der Waals surface area contributed by atoms with Gasteiger partial charge in [-0.15, -0.1) is 0 Å². The normalized spacial score (nSPS) is 22.2. The molecule has 0 aromatic heterocycles. The first-order valence-corrected chi connectivity index (χ1v) is 3.24. The SMILES string of the molecule is NC1=CC2=CCNN2C=C1. The second-order valence-corrected chi connectivity index (χ2v) is 2.32. The maximum atomic E-state index is 5.57. The maximum Gasteiger partial charge on any atom is 0.0564 e. The molecule has 0 radical (unpaired) electrons. The summed E-state index contributed by atoms with van der Waals surface area (Å²) in [7, 11) is 0. The molecular formula is C7H9N3. The third-order valence-electron chi connectivity index (χ3n) is 1.58. The van der Waals surface area contributed by atoms with Gasteiger partial charge in [0, 0.05) is 18.4 Å². The summed E-state index contributed by atoms with van der Waals surface area (Å²) in [4.78, 5) is 0. The van der Waals surface area contributed by atoms with Crippen molar-refractivity contribution in [2.75, 3.05) is 6.54 Å². The predicted octanol–water partition coefficient (Wildman–Crippen LogP) is 0.0604. The molecule has 0 atom stereocenters. The third-order valence-corrected chi connectivity index (χ3v) is 1.58. The molecule has 3 heteroatoms. The standard InChI is InChI=1S/C7H9N3/c8-6-2-4-10-7(5-6)1-3-9-10/h1-2,4-5,9H,3,8H2. The zero-order chi connectivity index (χ0) is 6.97. The molecule has 3 N–H and O–H groups in total. The number of fused-ring (bicyclic) bond motifs is 1. The van der Waals surface area contributed by atoms with Gasteiger partial charge in [-0.1, -0.05) is 0 Å². The molecule has 0 saturated heterocycles. The van der Waals surface area contributed by atoms with Gasteiger partial charge < -0.3 is 5.73 Å². The van der Waals surface area contributed by atoms with Crippen molar-refractivity contribution in [3.63, 3.8) is 0 Å². The summed E-state index contributed by atoms with van der Waals surface area (Å²) >= 11 is 0. The Balaban J connectivity index is 2.34. The Labute approximate surface area is 59.5 Å². The molecule has 52 valence electrons. The van der Waals surface area contributed by atoms with Gasteiger partial charge in [0.25, 0.3) is 0 Å². The lowest BCUT2D eigenvalue weighted by Gasteiger charge is -2.18. The molecule has 3 nitrogen and oxygen atoms in total. The minimum absolute atomic E-state index is 0.811. The van der Waals surface area contributed by atoms with Crippen molar-refractivity contribution in [1.82, 2.24) is 10.4 Å². The van der Waals surface area contributed by atoms with E-state index in [1.807, 2.05) is 23.4 Å². The number of allylic oxidation sites excluding steroid dienone is 2. The maximum absolute atomic E-state index is 5.57. The minimum atomic E-state index is 0.811. The first kappa shape index (κ1) is 5.56. The van der Waals surface area contributed by atoms with Crippen molar-refractivity contribution in [2.24, 2.45) is 5.73 Å². The van der Waals surface area contributed by atoms with Crippen LogP contribution in [-0.4, -0.2) is 11.6 Å². The molecule has 10 heavy (non-hydrogen) atoms. The van der Waals surface area contributed by atoms with Crippen LogP contribution in [0.2, 0.25) is 0 Å². The number of hydrogen-bond acceptors (Lipinski definition) is 3. The van der Waals surface area contributed by atoms with E-state index in [1.165, 1.54) is 0 Å². The Morgan fingerprint density at radius 2 is 2.50 bits per heavy atom. The second kappa shape index (κ2) is 1.88. The van der Waals surface area contributed by atoms with Crippen LogP contribution < -0.4 is 11.2 Å². The minimum Gasteiger partial charge on any atom is -0.399 e. The topological polar surface area (TPSA) is 41.3 Å². The van der Waals surface area contributed by atoms with Crippen molar-refractivity contribution < 1.29 is 0 Å². The first-order valence-electron chi connectivity index (χ1n) is 3.24. The number of nitrogens with zero attached hydrogens (tertiary/aromatic N) is 1. The summed E-state index contributed by atoms with van der Waals surface area (Å²) in [5, 5.41) is 1.95. The summed E-state index contributed by atoms with van der Waals surface area (Å²) in [6.07, 6.45) is 7.83. The Hall–Kier alpha value is -1.22. The van der Waals surface area contributed by atoms with Gasteiger partial charge in [-0.25, -0.2) is 5.43 Å². The van der Waals surface area contributed by atoms with Crippen LogP contribution >= 0.6 is 0 Å². The fourth-order valence-corrected chi connectivity index (χ4v) is 1.08. The Morgan fingerprint density at radius 3 is 3.40 bits per heavy atom. The fraction of sp³-hybridized carbons (Fsp3) is 0.143. The lowest BCUT2D eigenvalue weighted by atomic mass is 10.2. The summed E-state index contributed by atoms with van der Waals surface area (Å²) in [5.41, 5.74) is 10.7. The van der Waals surface area contributed by atoms with Crippen molar-refractivity contribution in [2.45, 2.75) is 0 Å². The lowest BCUT2D eigenvalue weighted by molar-refractivity contribution is 0.394. The van der Waals surface area contributed by atoms with Gasteiger partial charge in [0.15, 0.2) is 0 Å². The molecule has 0 aromatic carbocycles. The van der Waals surface area contributed by atoms with Crippen LogP contribution in [0.3, 0.4) is 0 Å². The highest BCUT2D eigenvalue weighted by molar-refractivity contribution is 5.34. The van der Waals surface area contributed by atoms with E-state index >= 15 is 0 Å². The molecule has 0 amide bonds. The summed E-state index contributed by atoms with van der Waals surface area (Å²) in [5.74, 6) is 0. The largest absolute Gasteiger partial charge is 0.399 e. The Bertz CT molecular complexity index is 237. The molecule has 0 fully saturated rings. The Morgan fingerprint density at radius 1 is 1.60 bits per heavy atom. The van der Waals surface area contributed by atoms with E-state index in [0.29, 0.717) is 0 Å². The van der Waals surface area contributed by atoms with Crippen LogP contribution in [0.4, 0.5) is 0 Å². The quantitative estimate of drug-likeness (QED) is 0.493. The van der Waals surface area contributed by atoms with Crippen molar-refractivity contribution >= 4 is 0 Å². The number of hydrogen-bond donors (Lipinski definition) is 2. The van der Waals surface area contributed by atoms with E-state index in [1.54, 1.807) is 0 Å². The molecule has 2 aliphatic heterocycles.